The van der Waals surface area contributed by atoms with Crippen LogP contribution in [-0.2, 0) is 9.22 Å². The van der Waals surface area contributed by atoms with Crippen LogP contribution in [0.3, 0.4) is 0 Å². The normalized spacial score (nSPS) is 13.0. The third-order valence-corrected chi connectivity index (χ3v) is 10.1. The number of carbonyl (C=O) groups excluding carboxylic acids is 1. The van der Waals surface area contributed by atoms with Gasteiger partial charge in [-0.3, -0.25) is 0 Å². The Kier molecular flexibility index (Phi) is 14.5. The van der Waals surface area contributed by atoms with Gasteiger partial charge in [0.05, 0.1) is 6.61 Å². The highest BCUT2D eigenvalue weighted by Crippen LogP contribution is 2.23. The second-order valence-corrected chi connectivity index (χ2v) is 12.8. The Morgan fingerprint density at radius 1 is 0.778 bits per heavy atom. The van der Waals surface area contributed by atoms with Gasteiger partial charge in [0.2, 0.25) is 0 Å². The van der Waals surface area contributed by atoms with Crippen LogP contribution in [0, 0.1) is 0 Å². The molecule has 0 aromatic rings. The Morgan fingerprint density at radius 2 is 1.33 bits per heavy atom. The van der Waals surface area contributed by atoms with E-state index < -0.39 is 8.32 Å². The fourth-order valence-corrected chi connectivity index (χ4v) is 5.81. The molecule has 2 nitrogen and oxygen atoms in total. The summed E-state index contributed by atoms with van der Waals surface area (Å²) >= 11 is 0. The molecule has 0 amide bonds. The van der Waals surface area contributed by atoms with Crippen LogP contribution in [0.4, 0.5) is 0 Å². The van der Waals surface area contributed by atoms with E-state index in [0.717, 1.165) is 38.7 Å². The molecular formula is C24H44O2Si. The third kappa shape index (κ3) is 13.0. The van der Waals surface area contributed by atoms with E-state index in [9.17, 15) is 4.79 Å². The molecule has 0 unspecified atom stereocenters. The summed E-state index contributed by atoms with van der Waals surface area (Å²) in [6.07, 6.45) is 12.8. The average Bonchev–Trinajstić information content (AvgIpc) is 2.62. The van der Waals surface area contributed by atoms with Crippen molar-refractivity contribution >= 4 is 14.1 Å². The van der Waals surface area contributed by atoms with E-state index in [-0.39, 0.29) is 5.78 Å². The minimum absolute atomic E-state index is 0.265. The number of ketones is 1. The predicted molar refractivity (Wildman–Crippen MR) is 123 cm³/mol. The number of Topliss-reactive ketones (excluding diaryl/α,β-unsaturated/α-hetero) is 1. The third-order valence-electron chi connectivity index (χ3n) is 5.48. The van der Waals surface area contributed by atoms with E-state index >= 15 is 0 Å². The molecule has 0 saturated heterocycles. The molecule has 0 N–H and O–H groups in total. The molecule has 0 aromatic heterocycles. The van der Waals surface area contributed by atoms with E-state index in [1.54, 1.807) is 6.92 Å². The molecule has 0 aliphatic rings. The Morgan fingerprint density at radius 3 is 1.85 bits per heavy atom. The zero-order valence-corrected chi connectivity index (χ0v) is 20.1. The van der Waals surface area contributed by atoms with Crippen molar-refractivity contribution in [1.29, 1.82) is 0 Å². The topological polar surface area (TPSA) is 26.3 Å². The number of allylic oxidation sites excluding steroid dienone is 5. The summed E-state index contributed by atoms with van der Waals surface area (Å²) in [6.45, 7) is 15.8. The summed E-state index contributed by atoms with van der Waals surface area (Å²) in [5.41, 5.74) is 4.23. The van der Waals surface area contributed by atoms with Gasteiger partial charge < -0.3 is 9.22 Å². The van der Waals surface area contributed by atoms with E-state index in [1.165, 1.54) is 34.9 Å². The van der Waals surface area contributed by atoms with Gasteiger partial charge in [-0.1, -0.05) is 50.1 Å². The molecule has 0 bridgehead atoms. The van der Waals surface area contributed by atoms with Crippen molar-refractivity contribution in [3.05, 3.63) is 34.9 Å². The molecule has 0 radical (unpaired) electrons. The van der Waals surface area contributed by atoms with Gasteiger partial charge in [-0.2, -0.15) is 0 Å². The quantitative estimate of drug-likeness (QED) is 0.210. The standard InChI is InChI=1S/C24H44O2Si/c1-8-27(9-2,10-3)26-20-24(19-13-17-23(7)25)18-12-16-22(6)15-11-14-21(4)5/h14,16,19H,8-13,15,17-18,20H2,1-7H3. The smallest absolute Gasteiger partial charge is 0.192 e. The maximum atomic E-state index is 11.3. The lowest BCUT2D eigenvalue weighted by Gasteiger charge is -2.28. The fraction of sp³-hybridized carbons (Fsp3) is 0.708. The van der Waals surface area contributed by atoms with Crippen molar-refractivity contribution < 1.29 is 9.22 Å². The van der Waals surface area contributed by atoms with Crippen molar-refractivity contribution in [2.75, 3.05) is 6.61 Å². The zero-order chi connectivity index (χ0) is 20.7. The maximum absolute atomic E-state index is 11.3. The van der Waals surface area contributed by atoms with Crippen molar-refractivity contribution in [3.8, 4) is 0 Å². The van der Waals surface area contributed by atoms with Gasteiger partial charge in [0, 0.05) is 6.42 Å². The summed E-state index contributed by atoms with van der Waals surface area (Å²) in [4.78, 5) is 11.3. The summed E-state index contributed by atoms with van der Waals surface area (Å²) < 4.78 is 6.50. The van der Waals surface area contributed by atoms with Crippen LogP contribution in [0.5, 0.6) is 0 Å². The van der Waals surface area contributed by atoms with Crippen molar-refractivity contribution in [1.82, 2.24) is 0 Å². The summed E-state index contributed by atoms with van der Waals surface area (Å²) in [6, 6.07) is 3.55. The maximum Gasteiger partial charge on any atom is 0.192 e. The van der Waals surface area contributed by atoms with Crippen LogP contribution in [0.1, 0.15) is 87.0 Å². The monoisotopic (exact) mass is 392 g/mol. The first-order valence-corrected chi connectivity index (χ1v) is 13.4. The molecule has 0 aliphatic carbocycles. The Bertz CT molecular complexity index is 498. The van der Waals surface area contributed by atoms with E-state index in [1.807, 2.05) is 0 Å². The average molecular weight is 393 g/mol. The molecule has 3 heteroatoms. The highest BCUT2D eigenvalue weighted by Gasteiger charge is 2.28. The Labute approximate surface area is 170 Å². The second-order valence-electron chi connectivity index (χ2n) is 8.04. The lowest BCUT2D eigenvalue weighted by Crippen LogP contribution is -2.36. The lowest BCUT2D eigenvalue weighted by molar-refractivity contribution is -0.116. The first-order chi connectivity index (χ1) is 12.8. The van der Waals surface area contributed by atoms with Crippen LogP contribution < -0.4 is 0 Å². The number of rotatable bonds is 15. The van der Waals surface area contributed by atoms with Crippen LogP contribution in [0.25, 0.3) is 0 Å². The highest BCUT2D eigenvalue weighted by atomic mass is 28.4. The van der Waals surface area contributed by atoms with Crippen molar-refractivity contribution in [2.24, 2.45) is 0 Å². The minimum Gasteiger partial charge on any atom is -0.413 e. The molecule has 0 rings (SSSR count). The Balaban J connectivity index is 4.76. The van der Waals surface area contributed by atoms with E-state index in [2.05, 4.69) is 59.8 Å². The summed E-state index contributed by atoms with van der Waals surface area (Å²) in [7, 11) is -1.56. The van der Waals surface area contributed by atoms with Gasteiger partial charge in [0.1, 0.15) is 5.78 Å². The molecule has 0 saturated carbocycles. The minimum atomic E-state index is -1.56. The van der Waals surface area contributed by atoms with E-state index in [4.69, 9.17) is 4.43 Å². The van der Waals surface area contributed by atoms with Gasteiger partial charge >= 0.3 is 0 Å². The highest BCUT2D eigenvalue weighted by molar-refractivity contribution is 6.73. The number of hydrogen-bond donors (Lipinski definition) is 0. The van der Waals surface area contributed by atoms with Gasteiger partial charge in [-0.25, -0.2) is 0 Å². The molecule has 156 valence electrons. The summed E-state index contributed by atoms with van der Waals surface area (Å²) in [5, 5.41) is 0. The molecular weight excluding hydrogens is 348 g/mol. The predicted octanol–water partition coefficient (Wildman–Crippen LogP) is 7.78. The molecule has 0 heterocycles. The lowest BCUT2D eigenvalue weighted by atomic mass is 10.0. The Hall–Kier alpha value is -0.933. The number of carbonyl (C=O) groups is 1. The van der Waals surface area contributed by atoms with Crippen LogP contribution in [-0.4, -0.2) is 20.7 Å². The summed E-state index contributed by atoms with van der Waals surface area (Å²) in [5.74, 6) is 0.265. The van der Waals surface area contributed by atoms with Gasteiger partial charge in [0.15, 0.2) is 8.32 Å². The molecule has 0 spiro atoms. The SMILES string of the molecule is CC[Si](CC)(CC)OCC(=CCCC(C)=O)CCC=C(C)CCC=C(C)C. The largest absolute Gasteiger partial charge is 0.413 e. The van der Waals surface area contributed by atoms with Crippen molar-refractivity contribution in [2.45, 2.75) is 105 Å². The number of hydrogen-bond acceptors (Lipinski definition) is 2. The molecule has 0 aliphatic heterocycles. The zero-order valence-electron chi connectivity index (χ0n) is 19.1. The van der Waals surface area contributed by atoms with E-state index in [0.29, 0.717) is 6.42 Å². The first kappa shape index (κ1) is 26.1. The van der Waals surface area contributed by atoms with Crippen LogP contribution in [0.15, 0.2) is 34.9 Å². The molecule has 0 atom stereocenters. The second kappa shape index (κ2) is 15.0. The van der Waals surface area contributed by atoms with Gasteiger partial charge in [0.25, 0.3) is 0 Å². The van der Waals surface area contributed by atoms with Crippen LogP contribution in [0.2, 0.25) is 18.1 Å². The first-order valence-electron chi connectivity index (χ1n) is 10.9. The molecule has 0 fully saturated rings. The van der Waals surface area contributed by atoms with Crippen LogP contribution >= 0.6 is 0 Å². The van der Waals surface area contributed by atoms with Gasteiger partial charge in [-0.15, -0.1) is 0 Å². The molecule has 27 heavy (non-hydrogen) atoms. The van der Waals surface area contributed by atoms with Crippen molar-refractivity contribution in [3.63, 3.8) is 0 Å². The molecule has 0 aromatic carbocycles. The fourth-order valence-electron chi connectivity index (χ4n) is 3.21. The van der Waals surface area contributed by atoms with Gasteiger partial charge in [-0.05, 0) is 83.5 Å².